The first-order chi connectivity index (χ1) is 7.25. The van der Waals surface area contributed by atoms with Gasteiger partial charge in [0, 0.05) is 20.4 Å². The Balaban J connectivity index is 2.07. The van der Waals surface area contributed by atoms with Crippen LogP contribution < -0.4 is 5.32 Å². The highest BCUT2D eigenvalue weighted by Gasteiger charge is 2.07. The van der Waals surface area contributed by atoms with E-state index in [-0.39, 0.29) is 0 Å². The Morgan fingerprint density at radius 3 is 2.60 bits per heavy atom. The molecule has 0 saturated carbocycles. The number of benzene rings is 1. The first kappa shape index (κ1) is 10.7. The van der Waals surface area contributed by atoms with E-state index in [4.69, 9.17) is 0 Å². The third-order valence-corrected chi connectivity index (χ3v) is 4.05. The van der Waals surface area contributed by atoms with E-state index in [1.165, 1.54) is 4.88 Å². The minimum absolute atomic E-state index is 0.351. The fourth-order valence-corrected chi connectivity index (χ4v) is 2.86. The lowest BCUT2D eigenvalue weighted by Gasteiger charge is -2.13. The summed E-state index contributed by atoms with van der Waals surface area (Å²) in [5, 5.41) is 5.57. The van der Waals surface area contributed by atoms with Crippen LogP contribution in [0.25, 0.3) is 0 Å². The van der Waals surface area contributed by atoms with Crippen molar-refractivity contribution in [1.82, 2.24) is 0 Å². The van der Waals surface area contributed by atoms with Crippen LogP contribution in [-0.2, 0) is 0 Å². The summed E-state index contributed by atoms with van der Waals surface area (Å²) in [5.74, 6) is 0. The molecule has 0 radical (unpaired) electrons. The maximum Gasteiger partial charge on any atom is 0.0578 e. The lowest BCUT2D eigenvalue weighted by Crippen LogP contribution is -2.04. The monoisotopic (exact) mass is 281 g/mol. The van der Waals surface area contributed by atoms with Crippen molar-refractivity contribution < 1.29 is 0 Å². The average Bonchev–Trinajstić information content (AvgIpc) is 2.66. The van der Waals surface area contributed by atoms with E-state index in [1.54, 1.807) is 11.3 Å². The van der Waals surface area contributed by atoms with E-state index in [1.807, 2.05) is 18.2 Å². The van der Waals surface area contributed by atoms with Gasteiger partial charge >= 0.3 is 0 Å². The van der Waals surface area contributed by atoms with Gasteiger partial charge in [-0.25, -0.2) is 0 Å². The number of thiophene rings is 1. The molecule has 15 heavy (non-hydrogen) atoms. The molecule has 1 unspecified atom stereocenters. The molecular weight excluding hydrogens is 270 g/mol. The van der Waals surface area contributed by atoms with Gasteiger partial charge in [-0.1, -0.05) is 18.2 Å². The molecular formula is C12H12BrNS. The van der Waals surface area contributed by atoms with E-state index in [0.717, 1.165) is 10.2 Å². The number of hydrogen-bond donors (Lipinski definition) is 1. The average molecular weight is 282 g/mol. The van der Waals surface area contributed by atoms with Crippen molar-refractivity contribution in [2.24, 2.45) is 0 Å². The molecule has 0 bridgehead atoms. The summed E-state index contributed by atoms with van der Waals surface area (Å²) in [7, 11) is 0. The zero-order valence-electron chi connectivity index (χ0n) is 8.41. The van der Waals surface area contributed by atoms with Crippen LogP contribution in [0, 0.1) is 0 Å². The maximum absolute atomic E-state index is 3.47. The Labute approximate surface area is 102 Å². The Hall–Kier alpha value is -0.800. The Kier molecular flexibility index (Phi) is 3.44. The third-order valence-electron chi connectivity index (χ3n) is 2.17. The normalized spacial score (nSPS) is 12.4. The van der Waals surface area contributed by atoms with Gasteiger partial charge < -0.3 is 5.32 Å². The zero-order valence-corrected chi connectivity index (χ0v) is 10.8. The van der Waals surface area contributed by atoms with Gasteiger partial charge in [-0.05, 0) is 41.1 Å². The molecule has 0 spiro atoms. The topological polar surface area (TPSA) is 12.0 Å². The van der Waals surface area contributed by atoms with Gasteiger partial charge in [0.1, 0.15) is 0 Å². The molecule has 1 heterocycles. The molecule has 1 aromatic carbocycles. The molecule has 1 N–H and O–H groups in total. The number of rotatable bonds is 3. The highest BCUT2D eigenvalue weighted by Crippen LogP contribution is 2.27. The van der Waals surface area contributed by atoms with Crippen molar-refractivity contribution in [3.8, 4) is 0 Å². The predicted molar refractivity (Wildman–Crippen MR) is 70.5 cm³/mol. The molecule has 2 aromatic rings. The summed E-state index contributed by atoms with van der Waals surface area (Å²) in [5.41, 5.74) is 1.16. The first-order valence-electron chi connectivity index (χ1n) is 4.81. The molecule has 78 valence electrons. The second kappa shape index (κ2) is 4.81. The number of anilines is 1. The predicted octanol–water partition coefficient (Wildman–Crippen LogP) is 4.68. The van der Waals surface area contributed by atoms with Gasteiger partial charge in [0.05, 0.1) is 6.04 Å². The van der Waals surface area contributed by atoms with Gasteiger partial charge in [0.15, 0.2) is 0 Å². The maximum atomic E-state index is 3.47. The van der Waals surface area contributed by atoms with Crippen LogP contribution in [0.15, 0.2) is 46.3 Å². The van der Waals surface area contributed by atoms with Crippen LogP contribution in [0.4, 0.5) is 5.69 Å². The summed E-state index contributed by atoms with van der Waals surface area (Å²) in [6.07, 6.45) is 0. The van der Waals surface area contributed by atoms with Crippen LogP contribution >= 0.6 is 27.3 Å². The second-order valence-corrected chi connectivity index (χ2v) is 5.26. The standard InChI is InChI=1S/C12H12BrNS/c1-9(12-7-10(13)8-15-12)14-11-5-3-2-4-6-11/h2-9,14H,1H3. The largest absolute Gasteiger partial charge is 0.378 e. The molecule has 0 aliphatic heterocycles. The summed E-state index contributed by atoms with van der Waals surface area (Å²) in [4.78, 5) is 1.34. The van der Waals surface area contributed by atoms with Crippen molar-refractivity contribution in [2.75, 3.05) is 5.32 Å². The Bertz CT molecular complexity index is 424. The molecule has 0 saturated heterocycles. The van der Waals surface area contributed by atoms with E-state index in [2.05, 4.69) is 51.7 Å². The van der Waals surface area contributed by atoms with Crippen molar-refractivity contribution in [2.45, 2.75) is 13.0 Å². The van der Waals surface area contributed by atoms with E-state index >= 15 is 0 Å². The molecule has 0 aliphatic carbocycles. The second-order valence-electron chi connectivity index (χ2n) is 3.40. The fraction of sp³-hybridized carbons (Fsp3) is 0.167. The van der Waals surface area contributed by atoms with Crippen LogP contribution in [0.1, 0.15) is 17.8 Å². The number of para-hydroxylation sites is 1. The molecule has 1 atom stereocenters. The molecule has 3 heteroatoms. The summed E-state index contributed by atoms with van der Waals surface area (Å²) in [6, 6.07) is 12.8. The van der Waals surface area contributed by atoms with E-state index in [0.29, 0.717) is 6.04 Å². The lowest BCUT2D eigenvalue weighted by atomic mass is 10.2. The molecule has 2 rings (SSSR count). The highest BCUT2D eigenvalue weighted by atomic mass is 79.9. The summed E-state index contributed by atoms with van der Waals surface area (Å²) < 4.78 is 1.16. The van der Waals surface area contributed by atoms with Crippen LogP contribution in [0.2, 0.25) is 0 Å². The van der Waals surface area contributed by atoms with Crippen LogP contribution in [-0.4, -0.2) is 0 Å². The van der Waals surface area contributed by atoms with Gasteiger partial charge in [-0.15, -0.1) is 11.3 Å². The third kappa shape index (κ3) is 2.83. The molecule has 0 fully saturated rings. The fourth-order valence-electron chi connectivity index (χ4n) is 1.41. The number of nitrogens with one attached hydrogen (secondary N) is 1. The minimum Gasteiger partial charge on any atom is -0.378 e. The van der Waals surface area contributed by atoms with Gasteiger partial charge in [-0.2, -0.15) is 0 Å². The first-order valence-corrected chi connectivity index (χ1v) is 6.48. The van der Waals surface area contributed by atoms with Crippen molar-refractivity contribution >= 4 is 33.0 Å². The number of hydrogen-bond acceptors (Lipinski definition) is 2. The highest BCUT2D eigenvalue weighted by molar-refractivity contribution is 9.10. The Morgan fingerprint density at radius 2 is 2.00 bits per heavy atom. The summed E-state index contributed by atoms with van der Waals surface area (Å²) >= 11 is 5.24. The van der Waals surface area contributed by atoms with Crippen molar-refractivity contribution in [3.63, 3.8) is 0 Å². The van der Waals surface area contributed by atoms with Gasteiger partial charge in [0.25, 0.3) is 0 Å². The van der Waals surface area contributed by atoms with Crippen molar-refractivity contribution in [1.29, 1.82) is 0 Å². The summed E-state index contributed by atoms with van der Waals surface area (Å²) in [6.45, 7) is 2.17. The molecule has 1 nitrogen and oxygen atoms in total. The van der Waals surface area contributed by atoms with E-state index < -0.39 is 0 Å². The quantitative estimate of drug-likeness (QED) is 0.861. The van der Waals surface area contributed by atoms with Crippen LogP contribution in [0.3, 0.4) is 0 Å². The minimum atomic E-state index is 0.351. The van der Waals surface area contributed by atoms with E-state index in [9.17, 15) is 0 Å². The molecule has 0 amide bonds. The van der Waals surface area contributed by atoms with Crippen LogP contribution in [0.5, 0.6) is 0 Å². The zero-order chi connectivity index (χ0) is 10.7. The molecule has 1 aromatic heterocycles. The number of halogens is 1. The lowest BCUT2D eigenvalue weighted by molar-refractivity contribution is 0.908. The van der Waals surface area contributed by atoms with Gasteiger partial charge in [0.2, 0.25) is 0 Å². The Morgan fingerprint density at radius 1 is 1.27 bits per heavy atom. The molecule has 0 aliphatic rings. The smallest absolute Gasteiger partial charge is 0.0578 e. The van der Waals surface area contributed by atoms with Crippen molar-refractivity contribution in [3.05, 3.63) is 51.1 Å². The van der Waals surface area contributed by atoms with Gasteiger partial charge in [-0.3, -0.25) is 0 Å². The SMILES string of the molecule is CC(Nc1ccccc1)c1cc(Br)cs1.